The van der Waals surface area contributed by atoms with Gasteiger partial charge in [0.05, 0.1) is 0 Å². The third-order valence-electron chi connectivity index (χ3n) is 3.43. The Morgan fingerprint density at radius 2 is 2.17 bits per heavy atom. The molecule has 1 aliphatic rings. The zero-order valence-electron chi connectivity index (χ0n) is 10.2. The summed E-state index contributed by atoms with van der Waals surface area (Å²) in [7, 11) is 0. The minimum Gasteiger partial charge on any atom is -0.384 e. The van der Waals surface area contributed by atoms with E-state index in [2.05, 4.69) is 35.3 Å². The van der Waals surface area contributed by atoms with E-state index in [1.807, 2.05) is 17.8 Å². The molecule has 0 fully saturated rings. The van der Waals surface area contributed by atoms with Crippen LogP contribution < -0.4 is 5.73 Å². The van der Waals surface area contributed by atoms with E-state index in [4.69, 9.17) is 5.73 Å². The molecule has 1 aliphatic heterocycles. The fraction of sp³-hybridized carbons (Fsp3) is 0.267. The Labute approximate surface area is 112 Å². The molecule has 0 radical (unpaired) electrons. The number of thioether (sulfide) groups is 1. The molecular formula is C15H16N2S. The first-order chi connectivity index (χ1) is 8.83. The summed E-state index contributed by atoms with van der Waals surface area (Å²) in [6, 6.07) is 12.8. The number of aryl methyl sites for hydroxylation is 1. The van der Waals surface area contributed by atoms with E-state index in [1.165, 1.54) is 28.2 Å². The van der Waals surface area contributed by atoms with Crippen molar-refractivity contribution < 1.29 is 0 Å². The number of nitrogens with two attached hydrogens (primary N) is 1. The number of rotatable bonds is 3. The Hall–Kier alpha value is -1.48. The number of nitrogen functional groups attached to an aromatic ring is 1. The predicted molar refractivity (Wildman–Crippen MR) is 76.9 cm³/mol. The Morgan fingerprint density at radius 3 is 3.06 bits per heavy atom. The maximum atomic E-state index is 5.70. The van der Waals surface area contributed by atoms with E-state index in [9.17, 15) is 0 Å². The van der Waals surface area contributed by atoms with Crippen molar-refractivity contribution in [1.82, 2.24) is 4.98 Å². The lowest BCUT2D eigenvalue weighted by molar-refractivity contribution is 0.690. The van der Waals surface area contributed by atoms with Crippen LogP contribution in [0.1, 0.15) is 23.5 Å². The number of fused-ring (bicyclic) bond motifs is 1. The van der Waals surface area contributed by atoms with Gasteiger partial charge in [-0.1, -0.05) is 18.2 Å². The van der Waals surface area contributed by atoms with Crippen LogP contribution in [0.2, 0.25) is 0 Å². The van der Waals surface area contributed by atoms with Gasteiger partial charge in [-0.05, 0) is 48.1 Å². The van der Waals surface area contributed by atoms with Crippen LogP contribution in [0, 0.1) is 0 Å². The molecule has 2 heterocycles. The highest BCUT2D eigenvalue weighted by Crippen LogP contribution is 2.41. The Balaban J connectivity index is 1.69. The number of benzene rings is 1. The molecule has 1 unspecified atom stereocenters. The average molecular weight is 256 g/mol. The van der Waals surface area contributed by atoms with Crippen molar-refractivity contribution in [3.8, 4) is 0 Å². The Morgan fingerprint density at radius 1 is 1.28 bits per heavy atom. The topological polar surface area (TPSA) is 38.9 Å². The largest absolute Gasteiger partial charge is 0.384 e. The van der Waals surface area contributed by atoms with Crippen LogP contribution in [0.4, 0.5) is 5.82 Å². The van der Waals surface area contributed by atoms with Crippen LogP contribution in [0.15, 0.2) is 47.5 Å². The van der Waals surface area contributed by atoms with Gasteiger partial charge >= 0.3 is 0 Å². The van der Waals surface area contributed by atoms with Gasteiger partial charge in [-0.15, -0.1) is 11.8 Å². The second-order valence-electron chi connectivity index (χ2n) is 4.67. The summed E-state index contributed by atoms with van der Waals surface area (Å²) in [5.74, 6) is 2.51. The Kier molecular flexibility index (Phi) is 3.24. The number of hydrogen-bond acceptors (Lipinski definition) is 3. The molecule has 1 aromatic carbocycles. The highest BCUT2D eigenvalue weighted by molar-refractivity contribution is 7.99. The predicted octanol–water partition coefficient (Wildman–Crippen LogP) is 3.49. The zero-order valence-corrected chi connectivity index (χ0v) is 11.0. The Bertz CT molecular complexity index is 554. The SMILES string of the molecule is Nc1cc(CCC2CSc3ccccc32)ccn1. The van der Waals surface area contributed by atoms with E-state index in [0.29, 0.717) is 11.7 Å². The first kappa shape index (κ1) is 11.6. The highest BCUT2D eigenvalue weighted by atomic mass is 32.2. The van der Waals surface area contributed by atoms with Crippen molar-refractivity contribution in [3.05, 3.63) is 53.7 Å². The van der Waals surface area contributed by atoms with Gasteiger partial charge in [0.1, 0.15) is 5.82 Å². The first-order valence-corrected chi connectivity index (χ1v) is 7.23. The molecule has 3 rings (SSSR count). The summed E-state index contributed by atoms with van der Waals surface area (Å²) in [5, 5.41) is 0. The van der Waals surface area contributed by atoms with Gasteiger partial charge in [0.15, 0.2) is 0 Å². The molecule has 0 spiro atoms. The average Bonchev–Trinajstić information content (AvgIpc) is 2.80. The molecule has 2 aromatic rings. The first-order valence-electron chi connectivity index (χ1n) is 6.25. The van der Waals surface area contributed by atoms with Gasteiger partial charge < -0.3 is 5.73 Å². The second-order valence-corrected chi connectivity index (χ2v) is 5.74. The van der Waals surface area contributed by atoms with Crippen LogP contribution in [0.3, 0.4) is 0 Å². The van der Waals surface area contributed by atoms with E-state index in [0.717, 1.165) is 6.42 Å². The van der Waals surface area contributed by atoms with Gasteiger partial charge in [0, 0.05) is 16.8 Å². The zero-order chi connectivity index (χ0) is 12.4. The molecule has 3 heteroatoms. The van der Waals surface area contributed by atoms with Crippen LogP contribution in [-0.2, 0) is 6.42 Å². The van der Waals surface area contributed by atoms with Gasteiger partial charge in [0.2, 0.25) is 0 Å². The molecule has 18 heavy (non-hydrogen) atoms. The van der Waals surface area contributed by atoms with Crippen molar-refractivity contribution >= 4 is 17.6 Å². The molecular weight excluding hydrogens is 240 g/mol. The van der Waals surface area contributed by atoms with Gasteiger partial charge in [-0.2, -0.15) is 0 Å². The smallest absolute Gasteiger partial charge is 0.123 e. The molecule has 0 bridgehead atoms. The van der Waals surface area contributed by atoms with Crippen LogP contribution in [-0.4, -0.2) is 10.7 Å². The van der Waals surface area contributed by atoms with Crippen molar-refractivity contribution in [3.63, 3.8) is 0 Å². The summed E-state index contributed by atoms with van der Waals surface area (Å²) < 4.78 is 0. The number of aromatic nitrogens is 1. The molecule has 92 valence electrons. The van der Waals surface area contributed by atoms with Crippen molar-refractivity contribution in [2.45, 2.75) is 23.7 Å². The monoisotopic (exact) mass is 256 g/mol. The number of hydrogen-bond donors (Lipinski definition) is 1. The number of anilines is 1. The second kappa shape index (κ2) is 5.02. The lowest BCUT2D eigenvalue weighted by Crippen LogP contribution is -2.00. The minimum absolute atomic E-state index is 0.619. The third kappa shape index (κ3) is 2.36. The van der Waals surface area contributed by atoms with Gasteiger partial charge in [-0.3, -0.25) is 0 Å². The van der Waals surface area contributed by atoms with Crippen molar-refractivity contribution in [2.75, 3.05) is 11.5 Å². The summed E-state index contributed by atoms with van der Waals surface area (Å²) in [4.78, 5) is 5.48. The fourth-order valence-electron chi connectivity index (χ4n) is 2.46. The maximum Gasteiger partial charge on any atom is 0.123 e. The van der Waals surface area contributed by atoms with E-state index < -0.39 is 0 Å². The van der Waals surface area contributed by atoms with Crippen molar-refractivity contribution in [2.24, 2.45) is 0 Å². The lowest BCUT2D eigenvalue weighted by atomic mass is 9.94. The van der Waals surface area contributed by atoms with Gasteiger partial charge in [0.25, 0.3) is 0 Å². The van der Waals surface area contributed by atoms with E-state index in [1.54, 1.807) is 6.20 Å². The molecule has 0 aliphatic carbocycles. The third-order valence-corrected chi connectivity index (χ3v) is 4.68. The normalized spacial score (nSPS) is 17.7. The van der Waals surface area contributed by atoms with Crippen LogP contribution >= 0.6 is 11.8 Å². The van der Waals surface area contributed by atoms with Crippen LogP contribution in [0.25, 0.3) is 0 Å². The molecule has 0 saturated carbocycles. The lowest BCUT2D eigenvalue weighted by Gasteiger charge is -2.10. The van der Waals surface area contributed by atoms with Crippen LogP contribution in [0.5, 0.6) is 0 Å². The minimum atomic E-state index is 0.619. The van der Waals surface area contributed by atoms with Crippen molar-refractivity contribution in [1.29, 1.82) is 0 Å². The highest BCUT2D eigenvalue weighted by Gasteiger charge is 2.22. The molecule has 1 atom stereocenters. The number of nitrogens with zero attached hydrogens (tertiary/aromatic N) is 1. The quantitative estimate of drug-likeness (QED) is 0.913. The molecule has 1 aromatic heterocycles. The molecule has 2 nitrogen and oxygen atoms in total. The standard InChI is InChI=1S/C15H16N2S/c16-15-9-11(7-8-17-15)5-6-12-10-18-14-4-2-1-3-13(12)14/h1-4,7-9,12H,5-6,10H2,(H2,16,17). The molecule has 2 N–H and O–H groups in total. The molecule has 0 saturated heterocycles. The summed E-state index contributed by atoms with van der Waals surface area (Å²) in [6.07, 6.45) is 4.06. The fourth-order valence-corrected chi connectivity index (χ4v) is 3.76. The maximum absolute atomic E-state index is 5.70. The van der Waals surface area contributed by atoms with Gasteiger partial charge in [-0.25, -0.2) is 4.98 Å². The number of pyridine rings is 1. The summed E-state index contributed by atoms with van der Waals surface area (Å²) >= 11 is 1.98. The molecule has 0 amide bonds. The van der Waals surface area contributed by atoms with E-state index in [-0.39, 0.29) is 0 Å². The van der Waals surface area contributed by atoms with E-state index >= 15 is 0 Å². The summed E-state index contributed by atoms with van der Waals surface area (Å²) in [5.41, 5.74) is 8.51. The summed E-state index contributed by atoms with van der Waals surface area (Å²) in [6.45, 7) is 0.